The lowest BCUT2D eigenvalue weighted by Crippen LogP contribution is -1.94. The molecule has 3 aromatic heterocycles. The van der Waals surface area contributed by atoms with Crippen LogP contribution in [0, 0.1) is 0 Å². The fourth-order valence-corrected chi connectivity index (χ4v) is 7.72. The smallest absolute Gasteiger partial charge is 0.137 e. The number of furan rings is 1. The van der Waals surface area contributed by atoms with Crippen LogP contribution < -0.4 is 0 Å². The molecule has 200 valence electrons. The van der Waals surface area contributed by atoms with E-state index in [0.29, 0.717) is 0 Å². The molecule has 0 unspecified atom stereocenters. The molecule has 0 aliphatic carbocycles. The topological polar surface area (TPSA) is 31.0 Å². The lowest BCUT2D eigenvalue weighted by atomic mass is 10.0. The summed E-state index contributed by atoms with van der Waals surface area (Å²) in [6.45, 7) is 0. The molecule has 0 bridgehead atoms. The molecule has 0 N–H and O–H groups in total. The average molecular weight is 567 g/mol. The van der Waals surface area contributed by atoms with Crippen molar-refractivity contribution >= 4 is 86.8 Å². The number of aromatic nitrogens is 2. The Kier molecular flexibility index (Phi) is 4.60. The summed E-state index contributed by atoms with van der Waals surface area (Å²) in [5.74, 6) is 0. The monoisotopic (exact) mass is 566 g/mol. The highest BCUT2D eigenvalue weighted by atomic mass is 32.1. The van der Waals surface area contributed by atoms with Gasteiger partial charge in [-0.25, -0.2) is 4.98 Å². The van der Waals surface area contributed by atoms with Crippen molar-refractivity contribution in [2.75, 3.05) is 0 Å². The van der Waals surface area contributed by atoms with Crippen molar-refractivity contribution in [3.63, 3.8) is 0 Å². The highest BCUT2D eigenvalue weighted by molar-refractivity contribution is 7.21. The van der Waals surface area contributed by atoms with E-state index >= 15 is 0 Å². The van der Waals surface area contributed by atoms with Crippen molar-refractivity contribution in [2.24, 2.45) is 0 Å². The summed E-state index contributed by atoms with van der Waals surface area (Å²) < 4.78 is 9.69. The third-order valence-electron chi connectivity index (χ3n) is 8.77. The second-order valence-electron chi connectivity index (χ2n) is 11.2. The number of para-hydroxylation sites is 1. The van der Waals surface area contributed by atoms with E-state index in [0.717, 1.165) is 43.7 Å². The van der Waals surface area contributed by atoms with Gasteiger partial charge in [0.25, 0.3) is 0 Å². The van der Waals surface area contributed by atoms with Crippen LogP contribution in [0.5, 0.6) is 0 Å². The Morgan fingerprint density at radius 1 is 0.535 bits per heavy atom. The second kappa shape index (κ2) is 8.54. The molecule has 0 radical (unpaired) electrons. The SMILES string of the molecule is c1ccc2cc3c(cc2c1)c1cc2ccccc2cc1n3-c1ccc(-c2nc3c(ccc4oc5ccccc5c43)s2)cc1. The van der Waals surface area contributed by atoms with Gasteiger partial charge < -0.3 is 8.98 Å². The quantitative estimate of drug-likeness (QED) is 0.208. The van der Waals surface area contributed by atoms with E-state index in [-0.39, 0.29) is 0 Å². The van der Waals surface area contributed by atoms with Gasteiger partial charge in [-0.3, -0.25) is 0 Å². The summed E-state index contributed by atoms with van der Waals surface area (Å²) in [7, 11) is 0. The molecule has 0 fully saturated rings. The largest absolute Gasteiger partial charge is 0.456 e. The average Bonchev–Trinajstić information content (AvgIpc) is 3.74. The van der Waals surface area contributed by atoms with Gasteiger partial charge in [0, 0.05) is 27.4 Å². The Labute approximate surface area is 249 Å². The van der Waals surface area contributed by atoms with Crippen LogP contribution >= 0.6 is 11.3 Å². The molecule has 0 saturated heterocycles. The number of hydrogen-bond donors (Lipinski definition) is 0. The van der Waals surface area contributed by atoms with Crippen LogP contribution in [0.4, 0.5) is 0 Å². The van der Waals surface area contributed by atoms with Crippen molar-refractivity contribution in [3.05, 3.63) is 133 Å². The first-order valence-corrected chi connectivity index (χ1v) is 15.3. The molecule has 0 aliphatic heterocycles. The zero-order valence-electron chi connectivity index (χ0n) is 22.9. The summed E-state index contributed by atoms with van der Waals surface area (Å²) in [5.41, 5.74) is 7.47. The minimum absolute atomic E-state index is 0.882. The number of benzene rings is 7. The molecule has 0 saturated carbocycles. The molecular formula is C39H22N2OS. The van der Waals surface area contributed by atoms with Gasteiger partial charge in [0.15, 0.2) is 0 Å². The molecule has 3 heterocycles. The Hall–Kier alpha value is -5.45. The lowest BCUT2D eigenvalue weighted by molar-refractivity contribution is 0.669. The normalized spacial score (nSPS) is 12.2. The van der Waals surface area contributed by atoms with Crippen LogP contribution in [0.15, 0.2) is 138 Å². The molecular weight excluding hydrogens is 545 g/mol. The van der Waals surface area contributed by atoms with Crippen molar-refractivity contribution in [1.82, 2.24) is 9.55 Å². The number of thiazole rings is 1. The Bertz CT molecular complexity index is 2630. The van der Waals surface area contributed by atoms with Gasteiger partial charge in [-0.2, -0.15) is 0 Å². The summed E-state index contributed by atoms with van der Waals surface area (Å²) in [5, 5.41) is 10.8. The van der Waals surface area contributed by atoms with Gasteiger partial charge in [-0.15, -0.1) is 11.3 Å². The van der Waals surface area contributed by atoms with Gasteiger partial charge in [-0.1, -0.05) is 66.7 Å². The summed E-state index contributed by atoms with van der Waals surface area (Å²) in [6, 6.07) is 47.9. The molecule has 0 spiro atoms. The second-order valence-corrected chi connectivity index (χ2v) is 12.2. The maximum Gasteiger partial charge on any atom is 0.137 e. The summed E-state index contributed by atoms with van der Waals surface area (Å²) in [6.07, 6.45) is 0. The van der Waals surface area contributed by atoms with Crippen LogP contribution in [-0.2, 0) is 0 Å². The molecule has 0 atom stereocenters. The lowest BCUT2D eigenvalue weighted by Gasteiger charge is -2.10. The fraction of sp³-hybridized carbons (Fsp3) is 0. The van der Waals surface area contributed by atoms with E-state index in [1.165, 1.54) is 48.1 Å². The molecule has 4 heteroatoms. The van der Waals surface area contributed by atoms with E-state index in [4.69, 9.17) is 9.40 Å². The predicted molar refractivity (Wildman–Crippen MR) is 182 cm³/mol. The standard InChI is InChI=1S/C39H22N2OS/c1-3-9-26-21-32-30(19-24(26)7-1)31-20-25-8-2-4-10-27(25)22-33(31)41(32)28-15-13-23(14-16-28)39-40-38-36(43-39)18-17-35-37(38)29-11-5-6-12-34(29)42-35/h1-22H. The first-order chi connectivity index (χ1) is 21.3. The number of fused-ring (bicyclic) bond motifs is 10. The molecule has 7 aromatic carbocycles. The molecule has 0 amide bonds. The van der Waals surface area contributed by atoms with Gasteiger partial charge >= 0.3 is 0 Å². The molecule has 10 rings (SSSR count). The van der Waals surface area contributed by atoms with E-state index in [2.05, 4.69) is 126 Å². The van der Waals surface area contributed by atoms with Gasteiger partial charge in [0.1, 0.15) is 16.2 Å². The van der Waals surface area contributed by atoms with E-state index in [9.17, 15) is 0 Å². The minimum atomic E-state index is 0.882. The first-order valence-electron chi connectivity index (χ1n) is 14.5. The van der Waals surface area contributed by atoms with Crippen LogP contribution in [-0.4, -0.2) is 9.55 Å². The molecule has 3 nitrogen and oxygen atoms in total. The number of rotatable bonds is 2. The van der Waals surface area contributed by atoms with Crippen molar-refractivity contribution < 1.29 is 4.42 Å². The van der Waals surface area contributed by atoms with Crippen LogP contribution in [0.2, 0.25) is 0 Å². The Morgan fingerprint density at radius 3 is 1.81 bits per heavy atom. The highest BCUT2D eigenvalue weighted by Gasteiger charge is 2.17. The van der Waals surface area contributed by atoms with Crippen molar-refractivity contribution in [2.45, 2.75) is 0 Å². The zero-order valence-corrected chi connectivity index (χ0v) is 23.7. The molecule has 0 aliphatic rings. The van der Waals surface area contributed by atoms with Crippen LogP contribution in [0.1, 0.15) is 0 Å². The van der Waals surface area contributed by atoms with Crippen molar-refractivity contribution in [3.8, 4) is 16.3 Å². The molecule has 43 heavy (non-hydrogen) atoms. The summed E-state index contributed by atoms with van der Waals surface area (Å²) in [4.78, 5) is 5.15. The summed E-state index contributed by atoms with van der Waals surface area (Å²) >= 11 is 1.73. The van der Waals surface area contributed by atoms with Gasteiger partial charge in [-0.05, 0) is 88.3 Å². The minimum Gasteiger partial charge on any atom is -0.456 e. The number of hydrogen-bond acceptors (Lipinski definition) is 3. The first kappa shape index (κ1) is 23.1. The maximum absolute atomic E-state index is 6.12. The van der Waals surface area contributed by atoms with E-state index < -0.39 is 0 Å². The zero-order chi connectivity index (χ0) is 28.1. The van der Waals surface area contributed by atoms with Crippen LogP contribution in [0.3, 0.4) is 0 Å². The van der Waals surface area contributed by atoms with E-state index in [1.54, 1.807) is 11.3 Å². The van der Waals surface area contributed by atoms with E-state index in [1.807, 2.05) is 12.1 Å². The van der Waals surface area contributed by atoms with Gasteiger partial charge in [0.05, 0.1) is 26.6 Å². The third kappa shape index (κ3) is 3.33. The third-order valence-corrected chi connectivity index (χ3v) is 9.84. The fourth-order valence-electron chi connectivity index (χ4n) is 6.74. The van der Waals surface area contributed by atoms with Crippen LogP contribution in [0.25, 0.3) is 91.8 Å². The maximum atomic E-state index is 6.12. The number of nitrogens with zero attached hydrogens (tertiary/aromatic N) is 2. The van der Waals surface area contributed by atoms with Crippen molar-refractivity contribution in [1.29, 1.82) is 0 Å². The van der Waals surface area contributed by atoms with Gasteiger partial charge in [0.2, 0.25) is 0 Å². The highest BCUT2D eigenvalue weighted by Crippen LogP contribution is 2.40. The molecule has 10 aromatic rings. The Morgan fingerprint density at radius 2 is 1.14 bits per heavy atom. The predicted octanol–water partition coefficient (Wildman–Crippen LogP) is 11.3. The Balaban J connectivity index is 1.17.